The Morgan fingerprint density at radius 3 is 2.52 bits per heavy atom. The van der Waals surface area contributed by atoms with Gasteiger partial charge in [0.2, 0.25) is 0 Å². The molecule has 1 saturated heterocycles. The van der Waals surface area contributed by atoms with E-state index in [1.54, 1.807) is 6.92 Å². The Morgan fingerprint density at radius 1 is 1.21 bits per heavy atom. The number of quaternary nitrogens is 1. The number of para-hydroxylation sites is 1. The molecule has 8 nitrogen and oxygen atoms in total. The maximum Gasteiger partial charge on any atom is 0.311 e. The molecule has 0 aromatic heterocycles. The SMILES string of the molecule is COc1cc(NC(=O)C[NH+]2CCN(c3ccccc3C)CC2)c(C)cc1[N+](=O)[O-]. The van der Waals surface area contributed by atoms with Gasteiger partial charge in [-0.1, -0.05) is 18.2 Å². The highest BCUT2D eigenvalue weighted by Crippen LogP contribution is 2.32. The molecule has 0 radical (unpaired) electrons. The molecule has 3 rings (SSSR count). The summed E-state index contributed by atoms with van der Waals surface area (Å²) in [4.78, 5) is 26.7. The first-order chi connectivity index (χ1) is 13.9. The summed E-state index contributed by atoms with van der Waals surface area (Å²) < 4.78 is 5.09. The van der Waals surface area contributed by atoms with Crippen molar-refractivity contribution in [2.75, 3.05) is 50.1 Å². The molecule has 1 heterocycles. The van der Waals surface area contributed by atoms with Crippen LogP contribution >= 0.6 is 0 Å². The number of nitrogens with one attached hydrogen (secondary N) is 2. The number of carbonyl (C=O) groups is 1. The highest BCUT2D eigenvalue weighted by molar-refractivity contribution is 5.92. The van der Waals surface area contributed by atoms with Crippen molar-refractivity contribution < 1.29 is 19.4 Å². The van der Waals surface area contributed by atoms with Crippen LogP contribution in [0.4, 0.5) is 17.1 Å². The summed E-state index contributed by atoms with van der Waals surface area (Å²) in [5.41, 5.74) is 3.57. The summed E-state index contributed by atoms with van der Waals surface area (Å²) in [6.07, 6.45) is 0. The zero-order chi connectivity index (χ0) is 21.0. The van der Waals surface area contributed by atoms with Crippen LogP contribution in [0, 0.1) is 24.0 Å². The third-order valence-electron chi connectivity index (χ3n) is 5.33. The van der Waals surface area contributed by atoms with Gasteiger partial charge in [-0.25, -0.2) is 0 Å². The summed E-state index contributed by atoms with van der Waals surface area (Å²) in [5, 5.41) is 14.0. The minimum Gasteiger partial charge on any atom is -0.490 e. The second-order valence-electron chi connectivity index (χ2n) is 7.34. The Labute approximate surface area is 170 Å². The maximum absolute atomic E-state index is 12.5. The zero-order valence-electron chi connectivity index (χ0n) is 17.0. The summed E-state index contributed by atoms with van der Waals surface area (Å²) in [6.45, 7) is 7.77. The first kappa shape index (κ1) is 20.6. The summed E-state index contributed by atoms with van der Waals surface area (Å²) >= 11 is 0. The molecule has 0 saturated carbocycles. The van der Waals surface area contributed by atoms with E-state index in [4.69, 9.17) is 4.74 Å². The number of nitro groups is 1. The molecule has 29 heavy (non-hydrogen) atoms. The van der Waals surface area contributed by atoms with E-state index in [9.17, 15) is 14.9 Å². The maximum atomic E-state index is 12.5. The summed E-state index contributed by atoms with van der Waals surface area (Å²) in [5.74, 6) is 0.0263. The molecule has 2 aromatic rings. The molecular formula is C21H27N4O4+. The average molecular weight is 399 g/mol. The molecule has 1 aliphatic rings. The monoisotopic (exact) mass is 399 g/mol. The topological polar surface area (TPSA) is 89.2 Å². The standard InChI is InChI=1S/C21H26N4O4/c1-15-6-4-5-7-18(15)24-10-8-23(9-11-24)14-21(26)22-17-13-20(29-3)19(25(27)28)12-16(17)2/h4-7,12-13H,8-11,14H2,1-3H3,(H,22,26)/p+1. The minimum absolute atomic E-state index is 0.108. The first-order valence-corrected chi connectivity index (χ1v) is 9.66. The van der Waals surface area contributed by atoms with Crippen LogP contribution in [0.3, 0.4) is 0 Å². The highest BCUT2D eigenvalue weighted by Gasteiger charge is 2.24. The molecule has 8 heteroatoms. The van der Waals surface area contributed by atoms with Crippen LogP contribution in [0.2, 0.25) is 0 Å². The third-order valence-corrected chi connectivity index (χ3v) is 5.33. The number of aryl methyl sites for hydroxylation is 2. The van der Waals surface area contributed by atoms with Crippen LogP contribution in [-0.4, -0.2) is 50.7 Å². The Morgan fingerprint density at radius 2 is 1.90 bits per heavy atom. The fourth-order valence-corrected chi connectivity index (χ4v) is 3.69. The normalized spacial score (nSPS) is 14.5. The zero-order valence-corrected chi connectivity index (χ0v) is 17.0. The Bertz CT molecular complexity index is 908. The van der Waals surface area contributed by atoms with Crippen LogP contribution in [0.15, 0.2) is 36.4 Å². The molecular weight excluding hydrogens is 372 g/mol. The number of amides is 1. The van der Waals surface area contributed by atoms with Gasteiger partial charge in [0.25, 0.3) is 5.91 Å². The van der Waals surface area contributed by atoms with Crippen LogP contribution in [0.25, 0.3) is 0 Å². The van der Waals surface area contributed by atoms with E-state index in [2.05, 4.69) is 35.3 Å². The molecule has 0 bridgehead atoms. The second-order valence-corrected chi connectivity index (χ2v) is 7.34. The fraction of sp³-hybridized carbons (Fsp3) is 0.381. The van der Waals surface area contributed by atoms with E-state index >= 15 is 0 Å². The molecule has 0 atom stereocenters. The smallest absolute Gasteiger partial charge is 0.311 e. The predicted octanol–water partition coefficient (Wildman–Crippen LogP) is 1.56. The molecule has 2 N–H and O–H groups in total. The van der Waals surface area contributed by atoms with Gasteiger partial charge in [-0.05, 0) is 31.0 Å². The first-order valence-electron chi connectivity index (χ1n) is 9.66. The molecule has 0 spiro atoms. The number of methoxy groups -OCH3 is 1. The summed E-state index contributed by atoms with van der Waals surface area (Å²) in [7, 11) is 1.38. The Balaban J connectivity index is 1.58. The van der Waals surface area contributed by atoms with Crippen molar-refractivity contribution in [1.82, 2.24) is 0 Å². The summed E-state index contributed by atoms with van der Waals surface area (Å²) in [6, 6.07) is 11.3. The van der Waals surface area contributed by atoms with Gasteiger partial charge in [0.1, 0.15) is 0 Å². The number of carbonyl (C=O) groups excluding carboxylic acids is 1. The van der Waals surface area contributed by atoms with Gasteiger partial charge < -0.3 is 19.9 Å². The van der Waals surface area contributed by atoms with Crippen molar-refractivity contribution in [3.8, 4) is 5.75 Å². The lowest BCUT2D eigenvalue weighted by atomic mass is 10.1. The number of piperazine rings is 1. The van der Waals surface area contributed by atoms with E-state index in [1.165, 1.54) is 35.4 Å². The minimum atomic E-state index is -0.491. The van der Waals surface area contributed by atoms with Crippen molar-refractivity contribution in [3.05, 3.63) is 57.6 Å². The van der Waals surface area contributed by atoms with E-state index in [0.29, 0.717) is 17.8 Å². The van der Waals surface area contributed by atoms with E-state index in [-0.39, 0.29) is 17.3 Å². The van der Waals surface area contributed by atoms with Gasteiger partial charge in [0, 0.05) is 23.5 Å². The number of benzene rings is 2. The van der Waals surface area contributed by atoms with Crippen molar-refractivity contribution in [3.63, 3.8) is 0 Å². The lowest BCUT2D eigenvalue weighted by molar-refractivity contribution is -0.892. The van der Waals surface area contributed by atoms with E-state index in [1.807, 2.05) is 6.07 Å². The van der Waals surface area contributed by atoms with Gasteiger partial charge in [-0.15, -0.1) is 0 Å². The number of rotatable bonds is 6. The number of hydrogen-bond acceptors (Lipinski definition) is 5. The lowest BCUT2D eigenvalue weighted by Gasteiger charge is -2.34. The number of nitro benzene ring substituents is 1. The van der Waals surface area contributed by atoms with Crippen molar-refractivity contribution in [1.29, 1.82) is 0 Å². The third kappa shape index (κ3) is 4.83. The lowest BCUT2D eigenvalue weighted by Crippen LogP contribution is -3.15. The highest BCUT2D eigenvalue weighted by atomic mass is 16.6. The molecule has 1 aliphatic heterocycles. The number of nitrogens with zero attached hydrogens (tertiary/aromatic N) is 2. The quantitative estimate of drug-likeness (QED) is 0.569. The van der Waals surface area contributed by atoms with Gasteiger partial charge >= 0.3 is 5.69 Å². The molecule has 1 fully saturated rings. The molecule has 2 aromatic carbocycles. The molecule has 154 valence electrons. The largest absolute Gasteiger partial charge is 0.490 e. The van der Waals surface area contributed by atoms with Gasteiger partial charge in [0.15, 0.2) is 12.3 Å². The van der Waals surface area contributed by atoms with Gasteiger partial charge in [-0.3, -0.25) is 14.9 Å². The van der Waals surface area contributed by atoms with Crippen molar-refractivity contribution in [2.45, 2.75) is 13.8 Å². The molecule has 0 aliphatic carbocycles. The van der Waals surface area contributed by atoms with E-state index in [0.717, 1.165) is 26.2 Å². The number of hydrogen-bond donors (Lipinski definition) is 2. The van der Waals surface area contributed by atoms with Crippen LogP contribution in [-0.2, 0) is 4.79 Å². The molecule has 1 amide bonds. The van der Waals surface area contributed by atoms with E-state index < -0.39 is 4.92 Å². The van der Waals surface area contributed by atoms with Crippen LogP contribution < -0.4 is 19.9 Å². The Hall–Kier alpha value is -3.13. The predicted molar refractivity (Wildman–Crippen MR) is 112 cm³/mol. The Kier molecular flexibility index (Phi) is 6.33. The fourth-order valence-electron chi connectivity index (χ4n) is 3.69. The van der Waals surface area contributed by atoms with Crippen molar-refractivity contribution in [2.24, 2.45) is 0 Å². The second kappa shape index (κ2) is 8.91. The number of anilines is 2. The van der Waals surface area contributed by atoms with Crippen LogP contribution in [0.5, 0.6) is 5.75 Å². The van der Waals surface area contributed by atoms with Crippen LogP contribution in [0.1, 0.15) is 11.1 Å². The number of ether oxygens (including phenoxy) is 1. The average Bonchev–Trinajstić information content (AvgIpc) is 2.70. The molecule has 0 unspecified atom stereocenters. The van der Waals surface area contributed by atoms with Gasteiger partial charge in [0.05, 0.1) is 38.2 Å². The van der Waals surface area contributed by atoms with Gasteiger partial charge in [-0.2, -0.15) is 0 Å². The van der Waals surface area contributed by atoms with Crippen molar-refractivity contribution >= 4 is 23.0 Å².